The number of sulfonamides is 1. The van der Waals surface area contributed by atoms with Crippen LogP contribution in [0.25, 0.3) is 10.6 Å². The molecule has 0 saturated heterocycles. The first kappa shape index (κ1) is 23.8. The summed E-state index contributed by atoms with van der Waals surface area (Å²) < 4.78 is 32.7. The van der Waals surface area contributed by atoms with Crippen LogP contribution >= 0.6 is 11.3 Å². The molecule has 4 aromatic rings. The summed E-state index contributed by atoms with van der Waals surface area (Å²) in [6.45, 7) is 0. The number of ether oxygens (including phenoxy) is 1. The molecule has 0 atom stereocenters. The summed E-state index contributed by atoms with van der Waals surface area (Å²) in [5, 5.41) is 22.8. The Morgan fingerprint density at radius 2 is 1.69 bits per heavy atom. The Labute approximate surface area is 203 Å². The van der Waals surface area contributed by atoms with Gasteiger partial charge in [0.1, 0.15) is 10.8 Å². The number of amides is 1. The molecule has 3 aromatic carbocycles. The molecule has 0 spiro atoms. The van der Waals surface area contributed by atoms with Crippen molar-refractivity contribution in [3.8, 4) is 16.3 Å². The van der Waals surface area contributed by atoms with Gasteiger partial charge in [0.15, 0.2) is 4.90 Å². The van der Waals surface area contributed by atoms with Crippen LogP contribution in [-0.2, 0) is 10.0 Å². The summed E-state index contributed by atoms with van der Waals surface area (Å²) >= 11 is 1.19. The van der Waals surface area contributed by atoms with Crippen LogP contribution in [0.3, 0.4) is 0 Å². The third kappa shape index (κ3) is 5.42. The first-order chi connectivity index (χ1) is 16.8. The predicted octanol–water partition coefficient (Wildman–Crippen LogP) is 4.18. The van der Waals surface area contributed by atoms with E-state index in [2.05, 4.69) is 20.2 Å². The van der Waals surface area contributed by atoms with E-state index >= 15 is 0 Å². The minimum atomic E-state index is -4.22. The zero-order valence-corrected chi connectivity index (χ0v) is 19.7. The predicted molar refractivity (Wildman–Crippen MR) is 130 cm³/mol. The van der Waals surface area contributed by atoms with Gasteiger partial charge in [-0.25, -0.2) is 8.42 Å². The lowest BCUT2D eigenvalue weighted by molar-refractivity contribution is -0.387. The van der Waals surface area contributed by atoms with Crippen molar-refractivity contribution in [1.82, 2.24) is 10.2 Å². The molecule has 0 aliphatic heterocycles. The molecule has 11 nitrogen and oxygen atoms in total. The van der Waals surface area contributed by atoms with E-state index < -0.39 is 31.4 Å². The van der Waals surface area contributed by atoms with Gasteiger partial charge in [-0.2, -0.15) is 0 Å². The van der Waals surface area contributed by atoms with Crippen LogP contribution in [0.2, 0.25) is 0 Å². The number of anilines is 2. The van der Waals surface area contributed by atoms with E-state index in [1.807, 2.05) is 12.1 Å². The summed E-state index contributed by atoms with van der Waals surface area (Å²) in [6, 6.07) is 17.8. The molecule has 1 amide bonds. The van der Waals surface area contributed by atoms with E-state index in [-0.39, 0.29) is 11.3 Å². The molecule has 0 aliphatic carbocycles. The maximum atomic E-state index is 12.6. The molecule has 0 bridgehead atoms. The van der Waals surface area contributed by atoms with Gasteiger partial charge < -0.3 is 4.74 Å². The molecule has 0 radical (unpaired) electrons. The van der Waals surface area contributed by atoms with E-state index in [4.69, 9.17) is 4.74 Å². The van der Waals surface area contributed by atoms with E-state index in [0.717, 1.165) is 17.7 Å². The molecule has 1 aromatic heterocycles. The van der Waals surface area contributed by atoms with Crippen LogP contribution < -0.4 is 14.8 Å². The van der Waals surface area contributed by atoms with Crippen molar-refractivity contribution < 1.29 is 22.9 Å². The highest BCUT2D eigenvalue weighted by atomic mass is 32.2. The van der Waals surface area contributed by atoms with E-state index in [1.54, 1.807) is 19.2 Å². The molecule has 178 valence electrons. The number of carbonyl (C=O) groups excluding carboxylic acids is 1. The van der Waals surface area contributed by atoms with Crippen molar-refractivity contribution >= 4 is 43.8 Å². The molecule has 1 heterocycles. The van der Waals surface area contributed by atoms with Gasteiger partial charge in [0.2, 0.25) is 5.13 Å². The molecule has 4 rings (SSSR count). The van der Waals surface area contributed by atoms with Gasteiger partial charge in [-0.05, 0) is 54.6 Å². The number of nitrogens with one attached hydrogen (secondary N) is 2. The highest BCUT2D eigenvalue weighted by Crippen LogP contribution is 2.28. The summed E-state index contributed by atoms with van der Waals surface area (Å²) in [4.78, 5) is 22.5. The molecule has 0 unspecified atom stereocenters. The lowest BCUT2D eigenvalue weighted by Crippen LogP contribution is -2.15. The fourth-order valence-corrected chi connectivity index (χ4v) is 5.00. The van der Waals surface area contributed by atoms with Crippen LogP contribution in [0.5, 0.6) is 5.75 Å². The second kappa shape index (κ2) is 9.87. The normalized spacial score (nSPS) is 11.0. The number of hydrogen-bond acceptors (Lipinski definition) is 9. The summed E-state index contributed by atoms with van der Waals surface area (Å²) in [6.07, 6.45) is 0. The van der Waals surface area contributed by atoms with E-state index in [0.29, 0.717) is 15.9 Å². The lowest BCUT2D eigenvalue weighted by Gasteiger charge is -2.09. The number of hydrogen-bond donors (Lipinski definition) is 2. The number of aromatic nitrogens is 2. The molecule has 0 aliphatic rings. The van der Waals surface area contributed by atoms with Crippen molar-refractivity contribution in [1.29, 1.82) is 0 Å². The number of nitro groups is 1. The van der Waals surface area contributed by atoms with Gasteiger partial charge in [-0.15, -0.1) is 10.2 Å². The van der Waals surface area contributed by atoms with Crippen LogP contribution in [0.4, 0.5) is 16.5 Å². The van der Waals surface area contributed by atoms with Gasteiger partial charge >= 0.3 is 0 Å². The molecular weight excluding hydrogens is 494 g/mol. The van der Waals surface area contributed by atoms with Gasteiger partial charge in [0.05, 0.1) is 12.0 Å². The monoisotopic (exact) mass is 511 g/mol. The number of para-hydroxylation sites is 1. The van der Waals surface area contributed by atoms with E-state index in [1.165, 1.54) is 47.7 Å². The van der Waals surface area contributed by atoms with Crippen LogP contribution in [-0.4, -0.2) is 36.6 Å². The Kier molecular flexibility index (Phi) is 6.71. The number of methoxy groups -OCH3 is 1. The van der Waals surface area contributed by atoms with Crippen molar-refractivity contribution in [2.75, 3.05) is 17.1 Å². The van der Waals surface area contributed by atoms with Crippen molar-refractivity contribution in [3.05, 3.63) is 88.5 Å². The van der Waals surface area contributed by atoms with Crippen LogP contribution in [0, 0.1) is 10.1 Å². The number of rotatable bonds is 8. The van der Waals surface area contributed by atoms with Crippen LogP contribution in [0.15, 0.2) is 77.7 Å². The van der Waals surface area contributed by atoms with Gasteiger partial charge in [0, 0.05) is 22.9 Å². The molecule has 2 N–H and O–H groups in total. The SMILES string of the molecule is COc1ccc(-c2nnc(NC(=O)c3ccc(NS(=O)(=O)c4ccccc4[N+](=O)[O-])cc3)s2)cc1. The third-order valence-corrected chi connectivity index (χ3v) is 7.05. The number of carbonyl (C=O) groups is 1. The van der Waals surface area contributed by atoms with Crippen molar-refractivity contribution in [2.24, 2.45) is 0 Å². The minimum absolute atomic E-state index is 0.136. The Balaban J connectivity index is 1.44. The van der Waals surface area contributed by atoms with E-state index in [9.17, 15) is 23.3 Å². The standard InChI is InChI=1S/C22H17N5O6S2/c1-33-17-12-8-15(9-13-17)21-24-25-22(34-21)23-20(28)14-6-10-16(11-7-14)26-35(31,32)19-5-3-2-4-18(19)27(29)30/h2-13,26H,1H3,(H,23,25,28). The average molecular weight is 512 g/mol. The Morgan fingerprint density at radius 1 is 1.00 bits per heavy atom. The van der Waals surface area contributed by atoms with Crippen LogP contribution in [0.1, 0.15) is 10.4 Å². The average Bonchev–Trinajstić information content (AvgIpc) is 3.32. The van der Waals surface area contributed by atoms with Gasteiger partial charge in [-0.1, -0.05) is 23.5 Å². The summed E-state index contributed by atoms with van der Waals surface area (Å²) in [7, 11) is -2.64. The number of nitro benzene ring substituents is 1. The lowest BCUT2D eigenvalue weighted by atomic mass is 10.2. The molecular formula is C22H17N5O6S2. The maximum Gasteiger partial charge on any atom is 0.289 e. The second-order valence-electron chi connectivity index (χ2n) is 7.00. The quantitative estimate of drug-likeness (QED) is 0.264. The third-order valence-electron chi connectivity index (χ3n) is 4.73. The molecule has 0 fully saturated rings. The Morgan fingerprint density at radius 3 is 2.34 bits per heavy atom. The Hall–Kier alpha value is -4.36. The largest absolute Gasteiger partial charge is 0.497 e. The number of benzene rings is 3. The topological polar surface area (TPSA) is 153 Å². The zero-order valence-electron chi connectivity index (χ0n) is 18.0. The maximum absolute atomic E-state index is 12.6. The fourth-order valence-electron chi connectivity index (χ4n) is 3.03. The molecule has 35 heavy (non-hydrogen) atoms. The fraction of sp³-hybridized carbons (Fsp3) is 0.0455. The van der Waals surface area contributed by atoms with Crippen molar-refractivity contribution in [3.63, 3.8) is 0 Å². The first-order valence-corrected chi connectivity index (χ1v) is 12.2. The molecule has 13 heteroatoms. The zero-order chi connectivity index (χ0) is 25.0. The molecule has 0 saturated carbocycles. The number of nitrogens with zero attached hydrogens (tertiary/aromatic N) is 3. The second-order valence-corrected chi connectivity index (χ2v) is 9.63. The van der Waals surface area contributed by atoms with Gasteiger partial charge in [-0.3, -0.25) is 24.9 Å². The summed E-state index contributed by atoms with van der Waals surface area (Å²) in [5.74, 6) is 0.245. The minimum Gasteiger partial charge on any atom is -0.497 e. The van der Waals surface area contributed by atoms with Crippen molar-refractivity contribution in [2.45, 2.75) is 4.90 Å². The highest BCUT2D eigenvalue weighted by Gasteiger charge is 2.25. The highest BCUT2D eigenvalue weighted by molar-refractivity contribution is 7.92. The smallest absolute Gasteiger partial charge is 0.289 e. The Bertz CT molecular complexity index is 1490. The summed E-state index contributed by atoms with van der Waals surface area (Å²) in [5.41, 5.74) is 0.665. The van der Waals surface area contributed by atoms with Gasteiger partial charge in [0.25, 0.3) is 21.6 Å². The first-order valence-electron chi connectivity index (χ1n) is 9.92.